The van der Waals surface area contributed by atoms with Gasteiger partial charge < -0.3 is 10.6 Å². The van der Waals surface area contributed by atoms with Crippen LogP contribution in [0.4, 0.5) is 0 Å². The van der Waals surface area contributed by atoms with Crippen LogP contribution < -0.4 is 5.73 Å². The number of hydrogen-bond donors (Lipinski definition) is 1. The summed E-state index contributed by atoms with van der Waals surface area (Å²) in [5.74, 6) is 0.587. The van der Waals surface area contributed by atoms with E-state index in [0.717, 1.165) is 12.8 Å². The molecule has 0 heterocycles. The molecule has 0 aliphatic rings. The number of unbranched alkanes of at least 4 members (excludes halogenated alkanes) is 1. The van der Waals surface area contributed by atoms with Crippen LogP contribution >= 0.6 is 0 Å². The number of likely N-dealkylation sites (N-methyl/N-ethyl adjacent to an activating group) is 1. The monoisotopic (exact) mass is 276 g/mol. The molecule has 0 saturated carbocycles. The smallest absolute Gasteiger partial charge is 0.0569 e. The Balaban J connectivity index is 3.13. The normalized spacial score (nSPS) is 16.4. The highest BCUT2D eigenvalue weighted by molar-refractivity contribution is 5.26. The predicted octanol–water partition coefficient (Wildman–Crippen LogP) is 4.01. The van der Waals surface area contributed by atoms with Crippen molar-refractivity contribution >= 4 is 0 Å². The lowest BCUT2D eigenvalue weighted by Gasteiger charge is -2.43. The van der Waals surface area contributed by atoms with E-state index in [0.29, 0.717) is 12.0 Å². The van der Waals surface area contributed by atoms with E-state index >= 15 is 0 Å². The summed E-state index contributed by atoms with van der Waals surface area (Å²) in [5, 5.41) is 0. The maximum Gasteiger partial charge on any atom is 0.0569 e. The average molecular weight is 276 g/mol. The molecule has 1 aromatic rings. The Morgan fingerprint density at radius 2 is 1.75 bits per heavy atom. The van der Waals surface area contributed by atoms with Crippen LogP contribution in [0.25, 0.3) is 0 Å². The van der Waals surface area contributed by atoms with E-state index in [2.05, 4.69) is 70.1 Å². The Morgan fingerprint density at radius 1 is 1.15 bits per heavy atom. The van der Waals surface area contributed by atoms with Gasteiger partial charge in [-0.25, -0.2) is 0 Å². The third-order valence-corrected chi connectivity index (χ3v) is 4.11. The molecule has 0 radical (unpaired) electrons. The molecule has 2 N–H and O–H groups in total. The first-order chi connectivity index (χ1) is 9.41. The van der Waals surface area contributed by atoms with Gasteiger partial charge in [-0.2, -0.15) is 0 Å². The molecular weight excluding hydrogens is 244 g/mol. The molecule has 0 aliphatic heterocycles. The van der Waals surface area contributed by atoms with Gasteiger partial charge in [-0.3, -0.25) is 0 Å². The molecule has 2 heteroatoms. The lowest BCUT2D eigenvalue weighted by molar-refractivity contribution is 0.140. The average Bonchev–Trinajstić information content (AvgIpc) is 2.39. The van der Waals surface area contributed by atoms with Crippen LogP contribution in [0.1, 0.15) is 52.0 Å². The molecule has 0 fully saturated rings. The highest BCUT2D eigenvalue weighted by Crippen LogP contribution is 2.34. The summed E-state index contributed by atoms with van der Waals surface area (Å²) in [4.78, 5) is 2.31. The molecule has 1 rings (SSSR count). The zero-order valence-corrected chi connectivity index (χ0v) is 13.9. The van der Waals surface area contributed by atoms with E-state index in [9.17, 15) is 0 Å². The molecule has 1 aromatic carbocycles. The Morgan fingerprint density at radius 3 is 2.20 bits per heavy atom. The maximum atomic E-state index is 6.96. The van der Waals surface area contributed by atoms with Crippen molar-refractivity contribution in [2.24, 2.45) is 11.7 Å². The van der Waals surface area contributed by atoms with Crippen molar-refractivity contribution in [3.63, 3.8) is 0 Å². The van der Waals surface area contributed by atoms with E-state index in [4.69, 9.17) is 5.73 Å². The first-order valence-corrected chi connectivity index (χ1v) is 7.92. The standard InChI is InChI=1S/C18H32N2/c1-6-7-13-17(20(4)5)18(19,14-15(2)3)16-11-9-8-10-12-16/h8-12,15,17H,6-7,13-14,19H2,1-5H3. The van der Waals surface area contributed by atoms with Gasteiger partial charge in [0.25, 0.3) is 0 Å². The SMILES string of the molecule is CCCCC(N(C)C)C(N)(CC(C)C)c1ccccc1. The molecule has 0 bridgehead atoms. The predicted molar refractivity (Wildman–Crippen MR) is 88.8 cm³/mol. The van der Waals surface area contributed by atoms with Crippen LogP contribution in [-0.4, -0.2) is 25.0 Å². The summed E-state index contributed by atoms with van der Waals surface area (Å²) >= 11 is 0. The molecule has 20 heavy (non-hydrogen) atoms. The lowest BCUT2D eigenvalue weighted by Crippen LogP contribution is -2.54. The second-order valence-corrected chi connectivity index (χ2v) is 6.63. The second kappa shape index (κ2) is 7.80. The van der Waals surface area contributed by atoms with Gasteiger partial charge in [0.1, 0.15) is 0 Å². The van der Waals surface area contributed by atoms with Crippen LogP contribution in [-0.2, 0) is 5.54 Å². The molecule has 0 spiro atoms. The molecule has 2 unspecified atom stereocenters. The molecule has 0 aromatic heterocycles. The minimum absolute atomic E-state index is 0.270. The van der Waals surface area contributed by atoms with E-state index in [-0.39, 0.29) is 5.54 Å². The van der Waals surface area contributed by atoms with Crippen LogP contribution in [0.3, 0.4) is 0 Å². The largest absolute Gasteiger partial charge is 0.320 e. The quantitative estimate of drug-likeness (QED) is 0.777. The Labute approximate surface area is 125 Å². The zero-order chi connectivity index (χ0) is 15.2. The number of nitrogens with zero attached hydrogens (tertiary/aromatic N) is 1. The van der Waals surface area contributed by atoms with Gasteiger partial charge in [0.2, 0.25) is 0 Å². The van der Waals surface area contributed by atoms with Crippen molar-refractivity contribution in [3.05, 3.63) is 35.9 Å². The Bertz CT molecular complexity index is 372. The fourth-order valence-electron chi connectivity index (χ4n) is 3.24. The minimum atomic E-state index is -0.270. The van der Waals surface area contributed by atoms with E-state index in [1.807, 2.05) is 0 Å². The molecule has 0 saturated heterocycles. The number of benzene rings is 1. The van der Waals surface area contributed by atoms with Gasteiger partial charge in [-0.1, -0.05) is 63.9 Å². The molecular formula is C18H32N2. The van der Waals surface area contributed by atoms with Gasteiger partial charge in [-0.15, -0.1) is 0 Å². The topological polar surface area (TPSA) is 29.3 Å². The van der Waals surface area contributed by atoms with Crippen LogP contribution in [0.2, 0.25) is 0 Å². The van der Waals surface area contributed by atoms with Crippen molar-refractivity contribution in [1.82, 2.24) is 4.90 Å². The number of nitrogens with two attached hydrogens (primary N) is 1. The van der Waals surface area contributed by atoms with Gasteiger partial charge in [0.15, 0.2) is 0 Å². The minimum Gasteiger partial charge on any atom is -0.320 e. The first-order valence-electron chi connectivity index (χ1n) is 7.92. The highest BCUT2D eigenvalue weighted by Gasteiger charge is 2.37. The fraction of sp³-hybridized carbons (Fsp3) is 0.667. The Kier molecular flexibility index (Phi) is 6.70. The van der Waals surface area contributed by atoms with Crippen molar-refractivity contribution in [1.29, 1.82) is 0 Å². The number of rotatable bonds is 8. The van der Waals surface area contributed by atoms with E-state index in [1.54, 1.807) is 0 Å². The van der Waals surface area contributed by atoms with Crippen molar-refractivity contribution in [3.8, 4) is 0 Å². The summed E-state index contributed by atoms with van der Waals surface area (Å²) in [6.45, 7) is 6.77. The molecule has 2 atom stereocenters. The van der Waals surface area contributed by atoms with E-state index in [1.165, 1.54) is 18.4 Å². The van der Waals surface area contributed by atoms with Crippen LogP contribution in [0.15, 0.2) is 30.3 Å². The van der Waals surface area contributed by atoms with Crippen molar-refractivity contribution in [2.45, 2.75) is 58.0 Å². The second-order valence-electron chi connectivity index (χ2n) is 6.63. The maximum absolute atomic E-state index is 6.96. The number of hydrogen-bond acceptors (Lipinski definition) is 2. The van der Waals surface area contributed by atoms with Crippen molar-refractivity contribution in [2.75, 3.05) is 14.1 Å². The van der Waals surface area contributed by atoms with Crippen LogP contribution in [0.5, 0.6) is 0 Å². The van der Waals surface area contributed by atoms with Gasteiger partial charge >= 0.3 is 0 Å². The lowest BCUT2D eigenvalue weighted by atomic mass is 9.75. The molecule has 0 aliphatic carbocycles. The van der Waals surface area contributed by atoms with Gasteiger partial charge in [-0.05, 0) is 38.4 Å². The third-order valence-electron chi connectivity index (χ3n) is 4.11. The third kappa shape index (κ3) is 4.32. The zero-order valence-electron chi connectivity index (χ0n) is 13.9. The molecule has 0 amide bonds. The first kappa shape index (κ1) is 17.2. The summed E-state index contributed by atoms with van der Waals surface area (Å²) in [6.07, 6.45) is 4.62. The van der Waals surface area contributed by atoms with Gasteiger partial charge in [0, 0.05) is 6.04 Å². The summed E-state index contributed by atoms with van der Waals surface area (Å²) < 4.78 is 0. The van der Waals surface area contributed by atoms with Crippen LogP contribution in [0, 0.1) is 5.92 Å². The molecule has 2 nitrogen and oxygen atoms in total. The van der Waals surface area contributed by atoms with Gasteiger partial charge in [0.05, 0.1) is 5.54 Å². The summed E-state index contributed by atoms with van der Waals surface area (Å²) in [6, 6.07) is 11.0. The summed E-state index contributed by atoms with van der Waals surface area (Å²) in [5.41, 5.74) is 7.96. The molecule has 114 valence electrons. The van der Waals surface area contributed by atoms with Crippen molar-refractivity contribution < 1.29 is 0 Å². The summed E-state index contributed by atoms with van der Waals surface area (Å²) in [7, 11) is 4.32. The highest BCUT2D eigenvalue weighted by atomic mass is 15.1. The fourth-order valence-corrected chi connectivity index (χ4v) is 3.24. The van der Waals surface area contributed by atoms with E-state index < -0.39 is 0 Å². The Hall–Kier alpha value is -0.860.